The number of hydrogen-bond acceptors (Lipinski definition) is 9. The highest BCUT2D eigenvalue weighted by atomic mass is 32.1. The molecule has 10 heteroatoms. The van der Waals surface area contributed by atoms with Crippen LogP contribution < -0.4 is 17.1 Å². The van der Waals surface area contributed by atoms with Crippen LogP contribution in [-0.4, -0.2) is 24.7 Å². The number of benzene rings is 2. The van der Waals surface area contributed by atoms with E-state index in [1.165, 1.54) is 17.7 Å². The number of nitrogens with two attached hydrogens (primary N) is 2. The lowest BCUT2D eigenvalue weighted by atomic mass is 9.96. The maximum Gasteiger partial charge on any atom is 0.343 e. The van der Waals surface area contributed by atoms with Gasteiger partial charge in [0.25, 0.3) is 0 Å². The molecule has 6 aromatic rings. The normalized spacial score (nSPS) is 12.4. The predicted molar refractivity (Wildman–Crippen MR) is 137 cm³/mol. The number of anilines is 2. The maximum atomic E-state index is 13.0. The van der Waals surface area contributed by atoms with Gasteiger partial charge < -0.3 is 15.9 Å². The molecule has 4 heterocycles. The largest absolute Gasteiger partial charge is 0.424 e. The lowest BCUT2D eigenvalue weighted by Gasteiger charge is -2.18. The van der Waals surface area contributed by atoms with Gasteiger partial charge in [0.05, 0.1) is 15.6 Å². The van der Waals surface area contributed by atoms with Crippen molar-refractivity contribution in [3.63, 3.8) is 0 Å². The van der Waals surface area contributed by atoms with Crippen LogP contribution in [0.3, 0.4) is 0 Å². The molecule has 0 fully saturated rings. The van der Waals surface area contributed by atoms with E-state index in [0.717, 1.165) is 21.4 Å². The maximum absolute atomic E-state index is 13.0. The van der Waals surface area contributed by atoms with Crippen molar-refractivity contribution in [2.75, 3.05) is 11.5 Å². The Morgan fingerprint density at radius 3 is 2.46 bits per heavy atom. The molecule has 0 saturated heterocycles. The lowest BCUT2D eigenvalue weighted by Crippen LogP contribution is -2.14. The fourth-order valence-electron chi connectivity index (χ4n) is 4.36. The fraction of sp³-hybridized carbons (Fsp3) is 0.0800. The van der Waals surface area contributed by atoms with Crippen molar-refractivity contribution in [3.05, 3.63) is 83.3 Å². The van der Waals surface area contributed by atoms with Crippen molar-refractivity contribution in [2.24, 2.45) is 0 Å². The molecule has 1 unspecified atom stereocenters. The van der Waals surface area contributed by atoms with E-state index < -0.39 is 11.7 Å². The molecule has 6 rings (SSSR count). The topological polar surface area (TPSA) is 139 Å². The van der Waals surface area contributed by atoms with Gasteiger partial charge in [0.15, 0.2) is 10.8 Å². The quantitative estimate of drug-likeness (QED) is 0.375. The van der Waals surface area contributed by atoms with Crippen molar-refractivity contribution in [1.29, 1.82) is 0 Å². The molecule has 0 spiro atoms. The lowest BCUT2D eigenvalue weighted by molar-refractivity contribution is 0.405. The number of hydrogen-bond donors (Lipinski definition) is 2. The average Bonchev–Trinajstić information content (AvgIpc) is 3.48. The highest BCUT2D eigenvalue weighted by Crippen LogP contribution is 2.39. The SMILES string of the molecule is CC(c1oc(=O)c2ccccc2c1-c1ccccc1)n1nc(-c2cnc(N)s2)c2c(N)ncnc21. The highest BCUT2D eigenvalue weighted by Gasteiger charge is 2.27. The summed E-state index contributed by atoms with van der Waals surface area (Å²) in [6, 6.07) is 16.8. The zero-order valence-electron chi connectivity index (χ0n) is 18.5. The summed E-state index contributed by atoms with van der Waals surface area (Å²) in [5.41, 5.74) is 14.5. The van der Waals surface area contributed by atoms with Crippen molar-refractivity contribution in [3.8, 4) is 21.7 Å². The van der Waals surface area contributed by atoms with Crippen LogP contribution in [0.1, 0.15) is 18.7 Å². The Morgan fingerprint density at radius 2 is 1.71 bits per heavy atom. The van der Waals surface area contributed by atoms with E-state index in [-0.39, 0.29) is 0 Å². The number of nitrogens with zero attached hydrogens (tertiary/aromatic N) is 5. The fourth-order valence-corrected chi connectivity index (χ4v) is 5.04. The third kappa shape index (κ3) is 3.34. The summed E-state index contributed by atoms with van der Waals surface area (Å²) in [5.74, 6) is 0.760. The molecule has 35 heavy (non-hydrogen) atoms. The number of nitrogen functional groups attached to an aromatic ring is 2. The van der Waals surface area contributed by atoms with E-state index in [2.05, 4.69) is 15.0 Å². The number of thiazole rings is 1. The summed E-state index contributed by atoms with van der Waals surface area (Å²) in [7, 11) is 0. The Hall–Kier alpha value is -4.57. The van der Waals surface area contributed by atoms with Crippen molar-refractivity contribution < 1.29 is 4.42 Å². The molecule has 0 amide bonds. The van der Waals surface area contributed by atoms with Crippen molar-refractivity contribution in [2.45, 2.75) is 13.0 Å². The third-order valence-corrected chi connectivity index (χ3v) is 6.78. The molecule has 172 valence electrons. The number of aromatic nitrogens is 5. The minimum absolute atomic E-state index is 0.290. The summed E-state index contributed by atoms with van der Waals surface area (Å²) in [6.07, 6.45) is 3.04. The van der Waals surface area contributed by atoms with Gasteiger partial charge in [-0.05, 0) is 18.6 Å². The molecule has 0 aliphatic rings. The Kier molecular flexibility index (Phi) is 4.82. The van der Waals surface area contributed by atoms with E-state index in [9.17, 15) is 4.79 Å². The van der Waals surface area contributed by atoms with Crippen LogP contribution in [0.15, 0.2) is 76.3 Å². The smallest absolute Gasteiger partial charge is 0.343 e. The highest BCUT2D eigenvalue weighted by molar-refractivity contribution is 7.18. The van der Waals surface area contributed by atoms with Gasteiger partial charge >= 0.3 is 5.63 Å². The van der Waals surface area contributed by atoms with Gasteiger partial charge in [-0.15, -0.1) is 0 Å². The number of rotatable bonds is 4. The zero-order chi connectivity index (χ0) is 24.1. The van der Waals surface area contributed by atoms with E-state index in [1.807, 2.05) is 55.5 Å². The summed E-state index contributed by atoms with van der Waals surface area (Å²) in [6.45, 7) is 1.91. The van der Waals surface area contributed by atoms with Gasteiger partial charge in [-0.3, -0.25) is 0 Å². The van der Waals surface area contributed by atoms with Gasteiger partial charge in [0.1, 0.15) is 29.6 Å². The van der Waals surface area contributed by atoms with Gasteiger partial charge in [-0.1, -0.05) is 59.9 Å². The Bertz CT molecular complexity index is 1770. The second kappa shape index (κ2) is 8.03. The standard InChI is InChI=1S/C25H19N7O2S/c1-13(32-23-19(22(26)29-12-30-23)20(31-32)17-11-28-25(27)35-17)21-18(14-7-3-2-4-8-14)15-9-5-6-10-16(15)24(33)34-21/h2-13H,1H3,(H2,27,28)(H2,26,29,30). The van der Waals surface area contributed by atoms with Crippen LogP contribution in [0.4, 0.5) is 10.9 Å². The zero-order valence-corrected chi connectivity index (χ0v) is 19.4. The molecule has 1 atom stereocenters. The first-order valence-electron chi connectivity index (χ1n) is 10.8. The second-order valence-corrected chi connectivity index (χ2v) is 9.09. The van der Waals surface area contributed by atoms with E-state index in [1.54, 1.807) is 16.9 Å². The molecular weight excluding hydrogens is 462 g/mol. The Balaban J connectivity index is 1.65. The first-order valence-corrected chi connectivity index (χ1v) is 11.7. The van der Waals surface area contributed by atoms with Gasteiger partial charge in [-0.25, -0.2) is 24.4 Å². The molecule has 0 bridgehead atoms. The summed E-state index contributed by atoms with van der Waals surface area (Å²) >= 11 is 1.30. The summed E-state index contributed by atoms with van der Waals surface area (Å²) < 4.78 is 7.68. The molecule has 0 aliphatic carbocycles. The molecule has 4 aromatic heterocycles. The van der Waals surface area contributed by atoms with Crippen LogP contribution in [0.2, 0.25) is 0 Å². The van der Waals surface area contributed by atoms with E-state index in [4.69, 9.17) is 21.0 Å². The van der Waals surface area contributed by atoms with Crippen LogP contribution in [0.5, 0.6) is 0 Å². The first kappa shape index (κ1) is 21.0. The van der Waals surface area contributed by atoms with Gasteiger partial charge in [0, 0.05) is 17.1 Å². The minimum atomic E-state index is -0.502. The molecule has 9 nitrogen and oxygen atoms in total. The first-order chi connectivity index (χ1) is 17.0. The van der Waals surface area contributed by atoms with Crippen molar-refractivity contribution in [1.82, 2.24) is 24.7 Å². The van der Waals surface area contributed by atoms with Crippen molar-refractivity contribution >= 4 is 44.1 Å². The Morgan fingerprint density at radius 1 is 0.971 bits per heavy atom. The minimum Gasteiger partial charge on any atom is -0.424 e. The molecule has 0 radical (unpaired) electrons. The number of fused-ring (bicyclic) bond motifs is 2. The average molecular weight is 482 g/mol. The van der Waals surface area contributed by atoms with Gasteiger partial charge in [0.2, 0.25) is 0 Å². The monoisotopic (exact) mass is 481 g/mol. The van der Waals surface area contributed by atoms with Crippen LogP contribution in [0.25, 0.3) is 43.5 Å². The van der Waals surface area contributed by atoms with Crippen LogP contribution >= 0.6 is 11.3 Å². The van der Waals surface area contributed by atoms with E-state index in [0.29, 0.717) is 38.8 Å². The predicted octanol–water partition coefficient (Wildman–Crippen LogP) is 4.50. The second-order valence-electron chi connectivity index (χ2n) is 8.03. The Labute approximate surface area is 202 Å². The van der Waals surface area contributed by atoms with Gasteiger partial charge in [-0.2, -0.15) is 5.10 Å². The molecule has 4 N–H and O–H groups in total. The summed E-state index contributed by atoms with van der Waals surface area (Å²) in [5, 5.41) is 7.16. The summed E-state index contributed by atoms with van der Waals surface area (Å²) in [4.78, 5) is 26.5. The molecule has 2 aromatic carbocycles. The molecular formula is C25H19N7O2S. The van der Waals surface area contributed by atoms with Crippen LogP contribution in [-0.2, 0) is 0 Å². The van der Waals surface area contributed by atoms with E-state index >= 15 is 0 Å². The third-order valence-electron chi connectivity index (χ3n) is 5.95. The molecule has 0 saturated carbocycles. The molecule has 0 aliphatic heterocycles. The van der Waals surface area contributed by atoms with Crippen LogP contribution in [0, 0.1) is 0 Å².